The van der Waals surface area contributed by atoms with E-state index in [1.54, 1.807) is 39.5 Å². The summed E-state index contributed by atoms with van der Waals surface area (Å²) < 4.78 is 16.0. The Hall–Kier alpha value is -2.73. The molecule has 2 aromatic rings. The van der Waals surface area contributed by atoms with E-state index in [2.05, 4.69) is 17.4 Å². The second-order valence-corrected chi connectivity index (χ2v) is 6.94. The zero-order chi connectivity index (χ0) is 19.9. The average Bonchev–Trinajstić information content (AvgIpc) is 3.28. The monoisotopic (exact) mass is 385 g/mol. The number of methoxy groups -OCH3 is 3. The first-order chi connectivity index (χ1) is 13.7. The highest BCUT2D eigenvalue weighted by Gasteiger charge is 2.28. The van der Waals surface area contributed by atoms with Crippen LogP contribution < -0.4 is 24.4 Å². The largest absolute Gasteiger partial charge is 0.497 e. The topological polar surface area (TPSA) is 61.2 Å². The van der Waals surface area contributed by atoms with Gasteiger partial charge >= 0.3 is 0 Å². The lowest BCUT2D eigenvalue weighted by molar-refractivity contribution is -0.918. The van der Waals surface area contributed by atoms with Crippen LogP contribution in [0.3, 0.4) is 0 Å². The Morgan fingerprint density at radius 3 is 2.32 bits per heavy atom. The van der Waals surface area contributed by atoms with Gasteiger partial charge in [0.1, 0.15) is 11.8 Å². The minimum absolute atomic E-state index is 0.159. The van der Waals surface area contributed by atoms with Crippen LogP contribution in [-0.2, 0) is 0 Å². The molecule has 150 valence electrons. The molecule has 6 heteroatoms. The van der Waals surface area contributed by atoms with Crippen molar-refractivity contribution in [1.82, 2.24) is 5.32 Å². The van der Waals surface area contributed by atoms with Crippen molar-refractivity contribution < 1.29 is 23.9 Å². The van der Waals surface area contributed by atoms with E-state index in [0.29, 0.717) is 23.6 Å². The number of nitrogens with one attached hydrogen (secondary N) is 2. The molecule has 0 saturated carbocycles. The molecule has 1 fully saturated rings. The highest BCUT2D eigenvalue weighted by Crippen LogP contribution is 2.30. The van der Waals surface area contributed by atoms with Gasteiger partial charge in [-0.2, -0.15) is 0 Å². The fourth-order valence-corrected chi connectivity index (χ4v) is 3.87. The zero-order valence-electron chi connectivity index (χ0n) is 16.8. The van der Waals surface area contributed by atoms with Crippen LogP contribution in [0.25, 0.3) is 0 Å². The number of likely N-dealkylation sites (tertiary alicyclic amines) is 1. The highest BCUT2D eigenvalue weighted by atomic mass is 16.5. The van der Waals surface area contributed by atoms with E-state index >= 15 is 0 Å². The molecule has 0 aromatic heterocycles. The van der Waals surface area contributed by atoms with Crippen LogP contribution in [0.4, 0.5) is 0 Å². The van der Waals surface area contributed by atoms with Crippen molar-refractivity contribution in [2.75, 3.05) is 41.0 Å². The third-order valence-electron chi connectivity index (χ3n) is 5.37. The number of carbonyl (C=O) groups is 1. The molecule has 3 rings (SSSR count). The molecule has 1 atom stereocenters. The van der Waals surface area contributed by atoms with Crippen LogP contribution in [0.1, 0.15) is 34.8 Å². The van der Waals surface area contributed by atoms with Crippen molar-refractivity contribution in [2.45, 2.75) is 18.9 Å². The maximum Gasteiger partial charge on any atom is 0.255 e. The number of ether oxygens (including phenoxy) is 3. The van der Waals surface area contributed by atoms with Gasteiger partial charge in [-0.15, -0.1) is 0 Å². The van der Waals surface area contributed by atoms with Gasteiger partial charge in [0.2, 0.25) is 0 Å². The van der Waals surface area contributed by atoms with Crippen LogP contribution in [0.5, 0.6) is 17.2 Å². The predicted octanol–water partition coefficient (Wildman–Crippen LogP) is 1.86. The first-order valence-corrected chi connectivity index (χ1v) is 9.65. The molecule has 0 unspecified atom stereocenters. The second kappa shape index (κ2) is 9.46. The van der Waals surface area contributed by atoms with E-state index in [4.69, 9.17) is 14.2 Å². The standard InChI is InChI=1S/C22H28N2O4/c1-26-17-11-9-16(10-12-17)19(24-13-4-5-14-24)15-23-22(25)18-7-6-8-20(27-2)21(18)28-3/h6-12,19H,4-5,13-15H2,1-3H3,(H,23,25)/p+1/t19-/m0/s1. The molecular weight excluding hydrogens is 356 g/mol. The molecule has 0 radical (unpaired) electrons. The molecule has 28 heavy (non-hydrogen) atoms. The number of carbonyl (C=O) groups excluding carboxylic acids is 1. The number of hydrogen-bond donors (Lipinski definition) is 2. The third-order valence-corrected chi connectivity index (χ3v) is 5.37. The molecule has 0 aliphatic carbocycles. The average molecular weight is 385 g/mol. The summed E-state index contributed by atoms with van der Waals surface area (Å²) in [5.41, 5.74) is 1.68. The van der Waals surface area contributed by atoms with Gasteiger partial charge in [-0.05, 0) is 36.4 Å². The predicted molar refractivity (Wildman–Crippen MR) is 108 cm³/mol. The zero-order valence-corrected chi connectivity index (χ0v) is 16.8. The van der Waals surface area contributed by atoms with E-state index in [0.717, 1.165) is 18.8 Å². The number of benzene rings is 2. The van der Waals surface area contributed by atoms with E-state index in [-0.39, 0.29) is 11.9 Å². The molecule has 0 bridgehead atoms. The van der Waals surface area contributed by atoms with Crippen LogP contribution in [0, 0.1) is 0 Å². The summed E-state index contributed by atoms with van der Waals surface area (Å²) in [6, 6.07) is 13.7. The van der Waals surface area contributed by atoms with Crippen molar-refractivity contribution in [3.63, 3.8) is 0 Å². The molecule has 1 amide bonds. The Morgan fingerprint density at radius 2 is 1.71 bits per heavy atom. The van der Waals surface area contributed by atoms with Gasteiger partial charge in [0, 0.05) is 18.4 Å². The molecule has 2 aromatic carbocycles. The lowest BCUT2D eigenvalue weighted by Gasteiger charge is -2.25. The van der Waals surface area contributed by atoms with E-state index in [9.17, 15) is 4.79 Å². The summed E-state index contributed by atoms with van der Waals surface area (Å²) in [6.07, 6.45) is 2.44. The lowest BCUT2D eigenvalue weighted by Crippen LogP contribution is -3.11. The number of quaternary nitrogens is 1. The fourth-order valence-electron chi connectivity index (χ4n) is 3.87. The molecule has 1 aliphatic rings. The molecule has 1 aliphatic heterocycles. The summed E-state index contributed by atoms with van der Waals surface area (Å²) >= 11 is 0. The maximum absolute atomic E-state index is 12.9. The fraction of sp³-hybridized carbons (Fsp3) is 0.409. The van der Waals surface area contributed by atoms with E-state index in [1.807, 2.05) is 12.1 Å². The summed E-state index contributed by atoms with van der Waals surface area (Å²) in [6.45, 7) is 2.80. The Morgan fingerprint density at radius 1 is 1.00 bits per heavy atom. The van der Waals surface area contributed by atoms with Crippen molar-refractivity contribution >= 4 is 5.91 Å². The Kier molecular flexibility index (Phi) is 6.76. The van der Waals surface area contributed by atoms with Crippen LogP contribution in [0.15, 0.2) is 42.5 Å². The van der Waals surface area contributed by atoms with E-state index in [1.165, 1.54) is 23.3 Å². The normalized spacial score (nSPS) is 15.1. The van der Waals surface area contributed by atoms with Gasteiger partial charge in [-0.3, -0.25) is 4.79 Å². The molecule has 6 nitrogen and oxygen atoms in total. The first-order valence-electron chi connectivity index (χ1n) is 9.65. The minimum Gasteiger partial charge on any atom is -0.497 e. The third kappa shape index (κ3) is 4.39. The Balaban J connectivity index is 1.77. The molecule has 0 spiro atoms. The van der Waals surface area contributed by atoms with Crippen LogP contribution in [0.2, 0.25) is 0 Å². The second-order valence-electron chi connectivity index (χ2n) is 6.94. The number of hydrogen-bond acceptors (Lipinski definition) is 4. The first kappa shape index (κ1) is 20.0. The van der Waals surface area contributed by atoms with Crippen LogP contribution >= 0.6 is 0 Å². The van der Waals surface area contributed by atoms with Gasteiger partial charge in [0.05, 0.1) is 46.5 Å². The Bertz CT molecular complexity index is 786. The summed E-state index contributed by atoms with van der Waals surface area (Å²) in [4.78, 5) is 14.4. The number of rotatable bonds is 8. The SMILES string of the molecule is COc1ccc([C@H](CNC(=O)c2cccc(OC)c2OC)[NH+]2CCCC2)cc1. The van der Waals surface area contributed by atoms with Gasteiger partial charge < -0.3 is 24.4 Å². The van der Waals surface area contributed by atoms with Gasteiger partial charge in [-0.25, -0.2) is 0 Å². The Labute approximate surface area is 166 Å². The quantitative estimate of drug-likeness (QED) is 0.728. The molecule has 2 N–H and O–H groups in total. The van der Waals surface area contributed by atoms with Crippen molar-refractivity contribution in [3.05, 3.63) is 53.6 Å². The molecular formula is C22H29N2O4+. The minimum atomic E-state index is -0.159. The van der Waals surface area contributed by atoms with Gasteiger partial charge in [0.25, 0.3) is 5.91 Å². The summed E-state index contributed by atoms with van der Waals surface area (Å²) in [5.74, 6) is 1.68. The highest BCUT2D eigenvalue weighted by molar-refractivity contribution is 5.97. The summed E-state index contributed by atoms with van der Waals surface area (Å²) in [7, 11) is 4.78. The van der Waals surface area contributed by atoms with E-state index < -0.39 is 0 Å². The number of amides is 1. The van der Waals surface area contributed by atoms with Crippen molar-refractivity contribution in [1.29, 1.82) is 0 Å². The summed E-state index contributed by atoms with van der Waals surface area (Å²) in [5, 5.41) is 3.10. The molecule has 1 saturated heterocycles. The smallest absolute Gasteiger partial charge is 0.255 e. The van der Waals surface area contributed by atoms with Crippen molar-refractivity contribution in [3.8, 4) is 17.2 Å². The number of para-hydroxylation sites is 1. The van der Waals surface area contributed by atoms with Crippen molar-refractivity contribution in [2.24, 2.45) is 0 Å². The van der Waals surface area contributed by atoms with Gasteiger partial charge in [-0.1, -0.05) is 6.07 Å². The lowest BCUT2D eigenvalue weighted by atomic mass is 10.0. The maximum atomic E-state index is 12.9. The van der Waals surface area contributed by atoms with Crippen LogP contribution in [-0.4, -0.2) is 46.9 Å². The molecule has 1 heterocycles. The van der Waals surface area contributed by atoms with Gasteiger partial charge in [0.15, 0.2) is 11.5 Å².